The second-order valence-corrected chi connectivity index (χ2v) is 4.27. The summed E-state index contributed by atoms with van der Waals surface area (Å²) in [6, 6.07) is 0. The molecule has 0 spiro atoms. The molecule has 1 aliphatic rings. The van der Waals surface area contributed by atoms with Crippen LogP contribution in [0, 0.1) is 5.92 Å². The first-order valence-corrected chi connectivity index (χ1v) is 5.57. The molecule has 0 aromatic heterocycles. The molecule has 1 saturated heterocycles. The number of methoxy groups -OCH3 is 1. The van der Waals surface area contributed by atoms with Gasteiger partial charge in [-0.2, -0.15) is 13.2 Å². The van der Waals surface area contributed by atoms with Crippen molar-refractivity contribution >= 4 is 11.9 Å². The van der Waals surface area contributed by atoms with Crippen molar-refractivity contribution < 1.29 is 27.5 Å². The topological polar surface area (TPSA) is 67.4 Å². The molecule has 0 aromatic rings. The Morgan fingerprint density at radius 1 is 1.58 bits per heavy atom. The molecule has 108 valence electrons. The highest BCUT2D eigenvalue weighted by Gasteiger charge is 2.54. The van der Waals surface area contributed by atoms with E-state index in [1.807, 2.05) is 0 Å². The van der Waals surface area contributed by atoms with Crippen LogP contribution in [-0.2, 0) is 14.3 Å². The highest BCUT2D eigenvalue weighted by Crippen LogP contribution is 2.28. The predicted molar refractivity (Wildman–Crippen MR) is 60.1 cm³/mol. The first kappa shape index (κ1) is 15.5. The predicted octanol–water partition coefficient (Wildman–Crippen LogP) is 0.372. The number of carbonyl (C=O) groups is 2. The number of ether oxygens (including phenoxy) is 1. The van der Waals surface area contributed by atoms with Crippen LogP contribution >= 0.6 is 0 Å². The summed E-state index contributed by atoms with van der Waals surface area (Å²) in [5.74, 6) is -3.60. The zero-order valence-corrected chi connectivity index (χ0v) is 10.3. The van der Waals surface area contributed by atoms with Crippen molar-refractivity contribution in [3.05, 3.63) is 12.7 Å². The minimum atomic E-state index is -5.05. The third-order valence-corrected chi connectivity index (χ3v) is 3.09. The van der Waals surface area contributed by atoms with Gasteiger partial charge in [-0.05, 0) is 6.42 Å². The van der Waals surface area contributed by atoms with Crippen LogP contribution in [0.2, 0.25) is 0 Å². The number of nitrogens with one attached hydrogen (secondary N) is 2. The van der Waals surface area contributed by atoms with E-state index < -0.39 is 29.5 Å². The fourth-order valence-corrected chi connectivity index (χ4v) is 2.14. The Kier molecular flexibility index (Phi) is 4.56. The van der Waals surface area contributed by atoms with Gasteiger partial charge in [0.2, 0.25) is 0 Å². The van der Waals surface area contributed by atoms with Gasteiger partial charge in [-0.1, -0.05) is 6.08 Å². The number of rotatable bonds is 4. The monoisotopic (exact) mass is 280 g/mol. The smallest absolute Gasteiger partial charge is 0.467 e. The molecule has 1 rings (SSSR count). The molecule has 19 heavy (non-hydrogen) atoms. The van der Waals surface area contributed by atoms with E-state index in [-0.39, 0.29) is 13.0 Å². The minimum Gasteiger partial charge on any atom is -0.467 e. The van der Waals surface area contributed by atoms with Crippen molar-refractivity contribution in [3.8, 4) is 0 Å². The Morgan fingerprint density at radius 2 is 2.21 bits per heavy atom. The van der Waals surface area contributed by atoms with Crippen molar-refractivity contribution in [1.82, 2.24) is 10.6 Å². The number of hydrogen-bond donors (Lipinski definition) is 2. The number of hydrogen-bond acceptors (Lipinski definition) is 4. The molecule has 0 saturated carbocycles. The summed E-state index contributed by atoms with van der Waals surface area (Å²) in [4.78, 5) is 22.9. The molecule has 8 heteroatoms. The zero-order chi connectivity index (χ0) is 14.7. The van der Waals surface area contributed by atoms with Gasteiger partial charge in [0.15, 0.2) is 5.54 Å². The van der Waals surface area contributed by atoms with Crippen LogP contribution in [0.3, 0.4) is 0 Å². The number of amides is 1. The quantitative estimate of drug-likeness (QED) is 0.577. The van der Waals surface area contributed by atoms with Crippen LogP contribution in [0.25, 0.3) is 0 Å². The Morgan fingerprint density at radius 3 is 2.68 bits per heavy atom. The van der Waals surface area contributed by atoms with E-state index in [1.165, 1.54) is 6.08 Å². The summed E-state index contributed by atoms with van der Waals surface area (Å²) in [6.45, 7) is 3.67. The van der Waals surface area contributed by atoms with Crippen LogP contribution in [-0.4, -0.2) is 43.8 Å². The zero-order valence-electron chi connectivity index (χ0n) is 10.3. The summed E-state index contributed by atoms with van der Waals surface area (Å²) < 4.78 is 41.6. The van der Waals surface area contributed by atoms with Crippen molar-refractivity contribution in [2.75, 3.05) is 20.2 Å². The van der Waals surface area contributed by atoms with Gasteiger partial charge in [0.1, 0.15) is 0 Å². The van der Waals surface area contributed by atoms with Crippen LogP contribution in [0.4, 0.5) is 13.2 Å². The lowest BCUT2D eigenvalue weighted by Gasteiger charge is -2.32. The van der Waals surface area contributed by atoms with Crippen LogP contribution in [0.15, 0.2) is 12.7 Å². The molecule has 1 amide bonds. The average molecular weight is 280 g/mol. The average Bonchev–Trinajstić information content (AvgIpc) is 2.72. The van der Waals surface area contributed by atoms with Crippen molar-refractivity contribution in [2.45, 2.75) is 18.1 Å². The minimum absolute atomic E-state index is 0.111. The molecule has 2 N–H and O–H groups in total. The van der Waals surface area contributed by atoms with Gasteiger partial charge in [-0.15, -0.1) is 6.58 Å². The SMILES string of the molecule is C=CC[C@H]1CNC[C@@]1(NC(=O)C(F)(F)F)C(=O)OC. The first-order valence-electron chi connectivity index (χ1n) is 5.57. The normalized spacial score (nSPS) is 26.8. The summed E-state index contributed by atoms with van der Waals surface area (Å²) in [5.41, 5.74) is -1.71. The van der Waals surface area contributed by atoms with E-state index in [4.69, 9.17) is 0 Å². The molecule has 0 unspecified atom stereocenters. The summed E-state index contributed by atoms with van der Waals surface area (Å²) in [7, 11) is 1.06. The molecule has 0 bridgehead atoms. The second kappa shape index (κ2) is 5.60. The van der Waals surface area contributed by atoms with Gasteiger partial charge in [0.25, 0.3) is 0 Å². The van der Waals surface area contributed by atoms with Crippen molar-refractivity contribution in [1.29, 1.82) is 0 Å². The highest BCUT2D eigenvalue weighted by atomic mass is 19.4. The molecular weight excluding hydrogens is 265 g/mol. The van der Waals surface area contributed by atoms with E-state index in [9.17, 15) is 22.8 Å². The maximum Gasteiger partial charge on any atom is 0.471 e. The standard InChI is InChI=1S/C11H15F3N2O3/c1-3-4-7-5-15-6-10(7,9(18)19-2)16-8(17)11(12,13)14/h3,7,15H,1,4-6H2,2H3,(H,16,17)/t7-,10-/m0/s1. The fourth-order valence-electron chi connectivity index (χ4n) is 2.14. The lowest BCUT2D eigenvalue weighted by Crippen LogP contribution is -2.62. The van der Waals surface area contributed by atoms with Gasteiger partial charge in [-0.3, -0.25) is 4.79 Å². The number of alkyl halides is 3. The van der Waals surface area contributed by atoms with E-state index in [1.54, 1.807) is 5.32 Å². The number of esters is 1. The highest BCUT2D eigenvalue weighted by molar-refractivity contribution is 5.91. The lowest BCUT2D eigenvalue weighted by molar-refractivity contribution is -0.178. The van der Waals surface area contributed by atoms with Crippen LogP contribution < -0.4 is 10.6 Å². The van der Waals surface area contributed by atoms with E-state index in [0.717, 1.165) is 7.11 Å². The summed E-state index contributed by atoms with van der Waals surface area (Å²) in [5, 5.41) is 4.56. The molecular formula is C11H15F3N2O3. The van der Waals surface area contributed by atoms with E-state index in [0.29, 0.717) is 6.54 Å². The van der Waals surface area contributed by atoms with Gasteiger partial charge in [-0.25, -0.2) is 4.79 Å². The molecule has 1 aliphatic heterocycles. The lowest BCUT2D eigenvalue weighted by atomic mass is 9.84. The Bertz CT molecular complexity index is 384. The molecule has 1 fully saturated rings. The van der Waals surface area contributed by atoms with E-state index >= 15 is 0 Å². The fraction of sp³-hybridized carbons (Fsp3) is 0.636. The van der Waals surface area contributed by atoms with Crippen molar-refractivity contribution in [2.24, 2.45) is 5.92 Å². The summed E-state index contributed by atoms with van der Waals surface area (Å²) in [6.07, 6.45) is -3.29. The Labute approximate surface area is 108 Å². The largest absolute Gasteiger partial charge is 0.471 e. The maximum atomic E-state index is 12.3. The molecule has 0 aromatic carbocycles. The second-order valence-electron chi connectivity index (χ2n) is 4.27. The summed E-state index contributed by atoms with van der Waals surface area (Å²) >= 11 is 0. The van der Waals surface area contributed by atoms with Gasteiger partial charge < -0.3 is 15.4 Å². The van der Waals surface area contributed by atoms with Crippen molar-refractivity contribution in [3.63, 3.8) is 0 Å². The van der Waals surface area contributed by atoms with E-state index in [2.05, 4.69) is 16.6 Å². The Balaban J connectivity index is 3.03. The number of halogens is 3. The molecule has 0 radical (unpaired) electrons. The van der Waals surface area contributed by atoms with Crippen LogP contribution in [0.5, 0.6) is 0 Å². The Hall–Kier alpha value is -1.57. The maximum absolute atomic E-state index is 12.3. The van der Waals surface area contributed by atoms with Gasteiger partial charge >= 0.3 is 18.1 Å². The molecule has 5 nitrogen and oxygen atoms in total. The third-order valence-electron chi connectivity index (χ3n) is 3.09. The number of allylic oxidation sites excluding steroid dienone is 1. The molecule has 1 heterocycles. The third kappa shape index (κ3) is 3.06. The van der Waals surface area contributed by atoms with Gasteiger partial charge in [0, 0.05) is 19.0 Å². The van der Waals surface area contributed by atoms with Crippen LogP contribution in [0.1, 0.15) is 6.42 Å². The molecule has 2 atom stereocenters. The first-order chi connectivity index (χ1) is 8.78. The number of carbonyl (C=O) groups excluding carboxylic acids is 2. The molecule has 0 aliphatic carbocycles. The van der Waals surface area contributed by atoms with Gasteiger partial charge in [0.05, 0.1) is 7.11 Å².